The lowest BCUT2D eigenvalue weighted by molar-refractivity contribution is 0.242. The molecule has 2 aromatic rings. The Bertz CT molecular complexity index is 563. The Kier molecular flexibility index (Phi) is 6.11. The summed E-state index contributed by atoms with van der Waals surface area (Å²) in [7, 11) is 0. The monoisotopic (exact) mass is 387 g/mol. The molecule has 0 spiro atoms. The molecule has 2 nitrogen and oxygen atoms in total. The first kappa shape index (κ1) is 16.8. The van der Waals surface area contributed by atoms with E-state index in [0.717, 1.165) is 21.1 Å². The predicted octanol–water partition coefficient (Wildman–Crippen LogP) is 5.80. The summed E-state index contributed by atoms with van der Waals surface area (Å²) in [5, 5.41) is 3.51. The molecule has 1 N–H and O–H groups in total. The molecule has 1 aromatic heterocycles. The molecule has 114 valence electrons. The Morgan fingerprint density at radius 1 is 1.24 bits per heavy atom. The molecule has 21 heavy (non-hydrogen) atoms. The first-order valence-electron chi connectivity index (χ1n) is 6.89. The van der Waals surface area contributed by atoms with Crippen LogP contribution < -0.4 is 10.1 Å². The highest BCUT2D eigenvalue weighted by molar-refractivity contribution is 9.10. The molecule has 0 aliphatic heterocycles. The minimum atomic E-state index is 0.202. The van der Waals surface area contributed by atoms with Gasteiger partial charge in [-0.3, -0.25) is 0 Å². The van der Waals surface area contributed by atoms with Crippen molar-refractivity contribution in [3.8, 4) is 5.75 Å². The molecular formula is C16H19BrClNOS. The summed E-state index contributed by atoms with van der Waals surface area (Å²) in [5.41, 5.74) is 1.24. The van der Waals surface area contributed by atoms with E-state index in [1.807, 2.05) is 26.0 Å². The van der Waals surface area contributed by atoms with Gasteiger partial charge in [0.2, 0.25) is 0 Å². The number of nitrogens with one attached hydrogen (secondary N) is 1. The zero-order chi connectivity index (χ0) is 15.4. The van der Waals surface area contributed by atoms with Crippen molar-refractivity contribution in [2.45, 2.75) is 39.5 Å². The van der Waals surface area contributed by atoms with Crippen LogP contribution in [-0.4, -0.2) is 6.10 Å². The molecule has 0 amide bonds. The standard InChI is InChI=1S/C16H19BrClNOS/c1-10(2)20-13-6-4-12(5-7-13)11(3)19-9-14-8-15(17)16(18)21-14/h4-8,10-11,19H,9H2,1-3H3. The van der Waals surface area contributed by atoms with Crippen molar-refractivity contribution < 1.29 is 4.74 Å². The van der Waals surface area contributed by atoms with Crippen LogP contribution in [0, 0.1) is 0 Å². The maximum Gasteiger partial charge on any atom is 0.119 e. The van der Waals surface area contributed by atoms with Crippen molar-refractivity contribution in [3.63, 3.8) is 0 Å². The highest BCUT2D eigenvalue weighted by Crippen LogP contribution is 2.32. The third-order valence-corrected chi connectivity index (χ3v) is 5.51. The number of benzene rings is 1. The Morgan fingerprint density at radius 2 is 1.90 bits per heavy atom. The van der Waals surface area contributed by atoms with Crippen molar-refractivity contribution in [1.29, 1.82) is 0 Å². The van der Waals surface area contributed by atoms with Gasteiger partial charge in [-0.25, -0.2) is 0 Å². The quantitative estimate of drug-likeness (QED) is 0.675. The van der Waals surface area contributed by atoms with Crippen LogP contribution in [0.2, 0.25) is 4.34 Å². The van der Waals surface area contributed by atoms with Gasteiger partial charge in [0, 0.05) is 21.9 Å². The number of hydrogen-bond acceptors (Lipinski definition) is 3. The SMILES string of the molecule is CC(C)Oc1ccc(C(C)NCc2cc(Br)c(Cl)s2)cc1. The van der Waals surface area contributed by atoms with Crippen LogP contribution in [0.4, 0.5) is 0 Å². The number of ether oxygens (including phenoxy) is 1. The van der Waals surface area contributed by atoms with Crippen molar-refractivity contribution >= 4 is 38.9 Å². The van der Waals surface area contributed by atoms with E-state index in [0.29, 0.717) is 0 Å². The number of rotatable bonds is 6. The largest absolute Gasteiger partial charge is 0.491 e. The van der Waals surface area contributed by atoms with Crippen LogP contribution in [-0.2, 0) is 6.54 Å². The van der Waals surface area contributed by atoms with Gasteiger partial charge in [0.1, 0.15) is 10.1 Å². The molecule has 0 saturated carbocycles. The third-order valence-electron chi connectivity index (χ3n) is 3.03. The Labute approximate surface area is 143 Å². The fourth-order valence-electron chi connectivity index (χ4n) is 1.96. The molecule has 2 rings (SSSR count). The lowest BCUT2D eigenvalue weighted by Gasteiger charge is -2.15. The molecule has 0 aliphatic carbocycles. The molecule has 1 unspecified atom stereocenters. The van der Waals surface area contributed by atoms with Crippen LogP contribution >= 0.6 is 38.9 Å². The summed E-state index contributed by atoms with van der Waals surface area (Å²) in [6, 6.07) is 10.6. The minimum Gasteiger partial charge on any atom is -0.491 e. The van der Waals surface area contributed by atoms with Gasteiger partial charge < -0.3 is 10.1 Å². The Morgan fingerprint density at radius 3 is 2.43 bits per heavy atom. The summed E-state index contributed by atoms with van der Waals surface area (Å²) in [4.78, 5) is 1.22. The van der Waals surface area contributed by atoms with Gasteiger partial charge in [0.05, 0.1) is 6.10 Å². The molecule has 0 fully saturated rings. The molecule has 1 atom stereocenters. The van der Waals surface area contributed by atoms with Crippen LogP contribution in [0.3, 0.4) is 0 Å². The molecule has 0 radical (unpaired) electrons. The molecule has 0 aliphatic rings. The zero-order valence-electron chi connectivity index (χ0n) is 12.3. The molecule has 0 saturated heterocycles. The fourth-order valence-corrected chi connectivity index (χ4v) is 3.70. The second-order valence-electron chi connectivity index (χ2n) is 5.17. The van der Waals surface area contributed by atoms with E-state index < -0.39 is 0 Å². The summed E-state index contributed by atoms with van der Waals surface area (Å²) < 4.78 is 7.42. The van der Waals surface area contributed by atoms with E-state index in [-0.39, 0.29) is 12.1 Å². The lowest BCUT2D eigenvalue weighted by atomic mass is 10.1. The van der Waals surface area contributed by atoms with Gasteiger partial charge in [-0.2, -0.15) is 0 Å². The number of halogens is 2. The van der Waals surface area contributed by atoms with Crippen LogP contribution in [0.25, 0.3) is 0 Å². The maximum atomic E-state index is 6.05. The normalized spacial score (nSPS) is 12.7. The fraction of sp³-hybridized carbons (Fsp3) is 0.375. The van der Waals surface area contributed by atoms with Crippen molar-refractivity contribution in [2.75, 3.05) is 0 Å². The van der Waals surface area contributed by atoms with E-state index >= 15 is 0 Å². The molecule has 0 bridgehead atoms. The van der Waals surface area contributed by atoms with Crippen LogP contribution in [0.1, 0.15) is 37.3 Å². The van der Waals surface area contributed by atoms with E-state index in [9.17, 15) is 0 Å². The zero-order valence-corrected chi connectivity index (χ0v) is 15.5. The van der Waals surface area contributed by atoms with Gasteiger partial charge in [0.15, 0.2) is 0 Å². The second kappa shape index (κ2) is 7.63. The first-order valence-corrected chi connectivity index (χ1v) is 8.88. The van der Waals surface area contributed by atoms with Gasteiger partial charge >= 0.3 is 0 Å². The predicted molar refractivity (Wildman–Crippen MR) is 94.5 cm³/mol. The summed E-state index contributed by atoms with van der Waals surface area (Å²) in [6.07, 6.45) is 0.202. The number of hydrogen-bond donors (Lipinski definition) is 1. The molecular weight excluding hydrogens is 370 g/mol. The highest BCUT2D eigenvalue weighted by Gasteiger charge is 2.08. The minimum absolute atomic E-state index is 0.202. The van der Waals surface area contributed by atoms with Gasteiger partial charge in [-0.05, 0) is 60.5 Å². The van der Waals surface area contributed by atoms with Gasteiger partial charge in [0.25, 0.3) is 0 Å². The van der Waals surface area contributed by atoms with E-state index in [1.54, 1.807) is 11.3 Å². The third kappa shape index (κ3) is 4.99. The van der Waals surface area contributed by atoms with E-state index in [1.165, 1.54) is 10.4 Å². The smallest absolute Gasteiger partial charge is 0.119 e. The molecule has 1 heterocycles. The van der Waals surface area contributed by atoms with E-state index in [4.69, 9.17) is 16.3 Å². The molecule has 1 aromatic carbocycles. The average Bonchev–Trinajstić information content (AvgIpc) is 2.75. The van der Waals surface area contributed by atoms with Crippen molar-refractivity contribution in [3.05, 3.63) is 49.6 Å². The van der Waals surface area contributed by atoms with Crippen molar-refractivity contribution in [2.24, 2.45) is 0 Å². The van der Waals surface area contributed by atoms with E-state index in [2.05, 4.69) is 46.4 Å². The Hall–Kier alpha value is -0.550. The lowest BCUT2D eigenvalue weighted by Crippen LogP contribution is -2.17. The maximum absolute atomic E-state index is 6.05. The summed E-state index contributed by atoms with van der Waals surface area (Å²) in [5.74, 6) is 0.912. The average molecular weight is 389 g/mol. The second-order valence-corrected chi connectivity index (χ2v) is 7.77. The van der Waals surface area contributed by atoms with Gasteiger partial charge in [-0.1, -0.05) is 23.7 Å². The highest BCUT2D eigenvalue weighted by atomic mass is 79.9. The van der Waals surface area contributed by atoms with Crippen molar-refractivity contribution in [1.82, 2.24) is 5.32 Å². The molecule has 5 heteroatoms. The summed E-state index contributed by atoms with van der Waals surface area (Å²) in [6.45, 7) is 7.02. The first-order chi connectivity index (χ1) is 9.95. The van der Waals surface area contributed by atoms with Crippen LogP contribution in [0.15, 0.2) is 34.8 Å². The van der Waals surface area contributed by atoms with Gasteiger partial charge in [-0.15, -0.1) is 11.3 Å². The Balaban J connectivity index is 1.92. The summed E-state index contributed by atoms with van der Waals surface area (Å²) >= 11 is 11.1. The topological polar surface area (TPSA) is 21.3 Å². The number of thiophene rings is 1. The van der Waals surface area contributed by atoms with Crippen LogP contribution in [0.5, 0.6) is 5.75 Å².